The minimum atomic E-state index is -0.0800. The summed E-state index contributed by atoms with van der Waals surface area (Å²) in [7, 11) is 0. The first-order valence-electron chi connectivity index (χ1n) is 14.2. The smallest absolute Gasteiger partial charge is 0.312 e. The lowest BCUT2D eigenvalue weighted by Crippen LogP contribution is -2.43. The van der Waals surface area contributed by atoms with Gasteiger partial charge in [-0.1, -0.05) is 44.2 Å². The van der Waals surface area contributed by atoms with Crippen LogP contribution in [0.1, 0.15) is 75.1 Å². The van der Waals surface area contributed by atoms with Crippen LogP contribution in [0.25, 0.3) is 0 Å². The van der Waals surface area contributed by atoms with E-state index in [-0.39, 0.29) is 6.03 Å². The Morgan fingerprint density at radius 1 is 1.03 bits per heavy atom. The molecule has 2 bridgehead atoms. The van der Waals surface area contributed by atoms with Gasteiger partial charge in [-0.15, -0.1) is 10.2 Å². The third-order valence-electron chi connectivity index (χ3n) is 8.25. The Hall–Kier alpha value is -3.19. The van der Waals surface area contributed by atoms with Crippen molar-refractivity contribution in [2.24, 2.45) is 5.92 Å². The summed E-state index contributed by atoms with van der Waals surface area (Å²) in [5.41, 5.74) is 2.89. The number of aromatic nitrogens is 3. The fourth-order valence-corrected chi connectivity index (χ4v) is 6.45. The average Bonchev–Trinajstić information content (AvgIpc) is 3.07. The fourth-order valence-electron chi connectivity index (χ4n) is 6.45. The predicted molar refractivity (Wildman–Crippen MR) is 154 cm³/mol. The molecule has 2 saturated heterocycles. The lowest BCUT2D eigenvalue weighted by Gasteiger charge is -2.37. The van der Waals surface area contributed by atoms with Gasteiger partial charge in [0.05, 0.1) is 0 Å². The SMILES string of the molecule is Cc1cccc(NC(=O)N(CCCN2C[C@H]3CC[C@@H]2C[C@@H](n2c(C)nnc2C(C)C)C3)c2ccccc2)c1. The molecule has 2 amide bonds. The molecule has 0 spiro atoms. The second-order valence-electron chi connectivity index (χ2n) is 11.5. The number of piperidine rings is 1. The summed E-state index contributed by atoms with van der Waals surface area (Å²) < 4.78 is 2.44. The molecular weight excluding hydrogens is 472 g/mol. The van der Waals surface area contributed by atoms with E-state index in [1.165, 1.54) is 19.3 Å². The summed E-state index contributed by atoms with van der Waals surface area (Å²) in [6.07, 6.45) is 5.87. The van der Waals surface area contributed by atoms with Gasteiger partial charge in [0, 0.05) is 49.0 Å². The van der Waals surface area contributed by atoms with Gasteiger partial charge in [0.15, 0.2) is 0 Å². The Morgan fingerprint density at radius 3 is 2.61 bits per heavy atom. The molecule has 3 atom stereocenters. The van der Waals surface area contributed by atoms with Crippen molar-refractivity contribution in [3.8, 4) is 0 Å². The summed E-state index contributed by atoms with van der Waals surface area (Å²) >= 11 is 0. The molecule has 1 saturated carbocycles. The summed E-state index contributed by atoms with van der Waals surface area (Å²) in [4.78, 5) is 18.0. The maximum Gasteiger partial charge on any atom is 0.326 e. The molecule has 0 unspecified atom stereocenters. The average molecular weight is 515 g/mol. The number of hydrogen-bond donors (Lipinski definition) is 1. The van der Waals surface area contributed by atoms with E-state index in [1.807, 2.05) is 66.4 Å². The van der Waals surface area contributed by atoms with Crippen LogP contribution in [0.2, 0.25) is 0 Å². The Labute approximate surface area is 227 Å². The minimum Gasteiger partial charge on any atom is -0.312 e. The molecule has 3 aliphatic rings. The summed E-state index contributed by atoms with van der Waals surface area (Å²) in [6.45, 7) is 11.4. The van der Waals surface area contributed by atoms with E-state index < -0.39 is 0 Å². The first kappa shape index (κ1) is 26.4. The number of fused-ring (bicyclic) bond motifs is 4. The van der Waals surface area contributed by atoms with Crippen LogP contribution in [0.15, 0.2) is 54.6 Å². The standard InChI is InChI=1S/C31H42N6O/c1-22(2)30-34-33-24(4)37(30)29-19-25-14-15-28(20-29)35(21-25)16-9-17-36(27-12-6-5-7-13-27)31(38)32-26-11-8-10-23(3)18-26/h5-8,10-13,18,22,25,28-29H,9,14-17,19-21H2,1-4H3,(H,32,38)/t25-,28+,29-/m0/s1. The summed E-state index contributed by atoms with van der Waals surface area (Å²) in [5, 5.41) is 12.1. The molecule has 1 N–H and O–H groups in total. The molecule has 7 heteroatoms. The Bertz CT molecular complexity index is 1220. The van der Waals surface area contributed by atoms with Gasteiger partial charge in [0.2, 0.25) is 0 Å². The maximum atomic E-state index is 13.4. The van der Waals surface area contributed by atoms with E-state index in [0.29, 0.717) is 30.5 Å². The van der Waals surface area contributed by atoms with E-state index in [4.69, 9.17) is 0 Å². The maximum absolute atomic E-state index is 13.4. The fraction of sp³-hybridized carbons (Fsp3) is 0.516. The third-order valence-corrected chi connectivity index (χ3v) is 8.25. The van der Waals surface area contributed by atoms with Crippen molar-refractivity contribution in [3.05, 3.63) is 71.8 Å². The number of amides is 2. The third kappa shape index (κ3) is 5.93. The zero-order valence-electron chi connectivity index (χ0n) is 23.3. The molecule has 7 nitrogen and oxygen atoms in total. The van der Waals surface area contributed by atoms with Gasteiger partial charge in [-0.3, -0.25) is 9.80 Å². The van der Waals surface area contributed by atoms with Crippen molar-refractivity contribution in [2.45, 2.75) is 77.8 Å². The summed E-state index contributed by atoms with van der Waals surface area (Å²) in [5.74, 6) is 3.25. The minimum absolute atomic E-state index is 0.0800. The van der Waals surface area contributed by atoms with E-state index in [2.05, 4.69) is 45.8 Å². The van der Waals surface area contributed by atoms with Crippen LogP contribution in [0.4, 0.5) is 16.2 Å². The number of hydrogen-bond acceptors (Lipinski definition) is 4. The first-order valence-corrected chi connectivity index (χ1v) is 14.2. The van der Waals surface area contributed by atoms with Crippen LogP contribution >= 0.6 is 0 Å². The molecule has 3 fully saturated rings. The number of rotatable bonds is 8. The van der Waals surface area contributed by atoms with Crippen LogP contribution in [-0.4, -0.2) is 51.4 Å². The Morgan fingerprint density at radius 2 is 1.84 bits per heavy atom. The van der Waals surface area contributed by atoms with E-state index in [9.17, 15) is 4.79 Å². The van der Waals surface area contributed by atoms with Crippen molar-refractivity contribution < 1.29 is 4.79 Å². The molecule has 3 heterocycles. The molecule has 2 aliphatic heterocycles. The van der Waals surface area contributed by atoms with E-state index in [0.717, 1.165) is 54.5 Å². The van der Waals surface area contributed by atoms with Gasteiger partial charge in [-0.05, 0) is 81.7 Å². The highest BCUT2D eigenvalue weighted by Gasteiger charge is 2.37. The van der Waals surface area contributed by atoms with Crippen molar-refractivity contribution in [1.82, 2.24) is 19.7 Å². The van der Waals surface area contributed by atoms with Crippen LogP contribution in [0.5, 0.6) is 0 Å². The highest BCUT2D eigenvalue weighted by molar-refractivity contribution is 6.01. The van der Waals surface area contributed by atoms with Crippen molar-refractivity contribution in [1.29, 1.82) is 0 Å². The van der Waals surface area contributed by atoms with E-state index >= 15 is 0 Å². The van der Waals surface area contributed by atoms with Gasteiger partial charge in [0.1, 0.15) is 11.6 Å². The largest absolute Gasteiger partial charge is 0.326 e. The number of nitrogens with zero attached hydrogens (tertiary/aromatic N) is 5. The van der Waals surface area contributed by atoms with Crippen LogP contribution in [0, 0.1) is 19.8 Å². The quantitative estimate of drug-likeness (QED) is 0.370. The zero-order valence-corrected chi connectivity index (χ0v) is 23.3. The topological polar surface area (TPSA) is 66.3 Å². The normalized spacial score (nSPS) is 21.4. The molecular formula is C31H42N6O. The molecule has 0 radical (unpaired) electrons. The molecule has 1 aliphatic carbocycles. The highest BCUT2D eigenvalue weighted by Crippen LogP contribution is 2.40. The van der Waals surface area contributed by atoms with Gasteiger partial charge >= 0.3 is 6.03 Å². The number of anilines is 2. The van der Waals surface area contributed by atoms with Crippen molar-refractivity contribution in [3.63, 3.8) is 0 Å². The van der Waals surface area contributed by atoms with Gasteiger partial charge in [0.25, 0.3) is 0 Å². The van der Waals surface area contributed by atoms with Crippen LogP contribution < -0.4 is 10.2 Å². The monoisotopic (exact) mass is 514 g/mol. The molecule has 38 heavy (non-hydrogen) atoms. The first-order chi connectivity index (χ1) is 18.4. The van der Waals surface area contributed by atoms with Crippen LogP contribution in [-0.2, 0) is 0 Å². The lowest BCUT2D eigenvalue weighted by molar-refractivity contribution is 0.122. The molecule has 3 aromatic rings. The number of para-hydroxylation sites is 1. The Balaban J connectivity index is 1.25. The summed E-state index contributed by atoms with van der Waals surface area (Å²) in [6, 6.07) is 19.0. The second-order valence-corrected chi connectivity index (χ2v) is 11.5. The van der Waals surface area contributed by atoms with E-state index in [1.54, 1.807) is 0 Å². The number of nitrogens with one attached hydrogen (secondary N) is 1. The molecule has 2 aromatic carbocycles. The number of carbonyl (C=O) groups is 1. The zero-order chi connectivity index (χ0) is 26.6. The Kier molecular flexibility index (Phi) is 8.12. The number of aryl methyl sites for hydroxylation is 2. The predicted octanol–water partition coefficient (Wildman–Crippen LogP) is 6.56. The molecule has 1 aromatic heterocycles. The van der Waals surface area contributed by atoms with Crippen molar-refractivity contribution >= 4 is 17.4 Å². The van der Waals surface area contributed by atoms with Crippen LogP contribution in [0.3, 0.4) is 0 Å². The highest BCUT2D eigenvalue weighted by atomic mass is 16.2. The second kappa shape index (κ2) is 11.7. The van der Waals surface area contributed by atoms with Gasteiger partial charge in [-0.2, -0.15) is 0 Å². The number of carbonyl (C=O) groups excluding carboxylic acids is 1. The molecule has 202 valence electrons. The van der Waals surface area contributed by atoms with Gasteiger partial charge < -0.3 is 9.88 Å². The number of urea groups is 1. The molecule has 6 rings (SSSR count). The lowest BCUT2D eigenvalue weighted by atomic mass is 9.94. The number of benzene rings is 2. The van der Waals surface area contributed by atoms with Crippen molar-refractivity contribution in [2.75, 3.05) is 29.9 Å². The van der Waals surface area contributed by atoms with Gasteiger partial charge in [-0.25, -0.2) is 4.79 Å².